The van der Waals surface area contributed by atoms with Gasteiger partial charge in [-0.25, -0.2) is 4.79 Å². The zero-order valence-corrected chi connectivity index (χ0v) is 14.8. The topological polar surface area (TPSA) is 75.7 Å². The lowest BCUT2D eigenvalue weighted by Crippen LogP contribution is -2.47. The first-order chi connectivity index (χ1) is 12.6. The Morgan fingerprint density at radius 3 is 2.65 bits per heavy atom. The van der Waals surface area contributed by atoms with Crippen LogP contribution in [-0.2, 0) is 19.2 Å². The van der Waals surface area contributed by atoms with Crippen molar-refractivity contribution in [3.63, 3.8) is 0 Å². The van der Waals surface area contributed by atoms with E-state index in [1.54, 1.807) is 31.2 Å². The van der Waals surface area contributed by atoms with E-state index in [9.17, 15) is 14.4 Å². The zero-order chi connectivity index (χ0) is 18.3. The number of nitrogens with zero attached hydrogens (tertiary/aromatic N) is 1. The Bertz CT molecular complexity index is 912. The summed E-state index contributed by atoms with van der Waals surface area (Å²) >= 11 is 1.31. The Labute approximate surface area is 154 Å². The van der Waals surface area contributed by atoms with Crippen LogP contribution in [0.3, 0.4) is 0 Å². The van der Waals surface area contributed by atoms with Crippen LogP contribution in [0.1, 0.15) is 22.8 Å². The molecule has 0 radical (unpaired) electrons. The number of rotatable bonds is 3. The van der Waals surface area contributed by atoms with Gasteiger partial charge in [0.1, 0.15) is 0 Å². The molecule has 0 saturated carbocycles. The third-order valence-electron chi connectivity index (χ3n) is 4.45. The second kappa shape index (κ2) is 6.17. The summed E-state index contributed by atoms with van der Waals surface area (Å²) in [5.41, 5.74) is 2.46. The van der Waals surface area contributed by atoms with Gasteiger partial charge in [0.25, 0.3) is 5.91 Å². The highest BCUT2D eigenvalue weighted by atomic mass is 32.2. The molecule has 7 heteroatoms. The minimum absolute atomic E-state index is 0.147. The Morgan fingerprint density at radius 2 is 1.92 bits per heavy atom. The van der Waals surface area contributed by atoms with Crippen molar-refractivity contribution in [1.82, 2.24) is 0 Å². The molecule has 26 heavy (non-hydrogen) atoms. The van der Waals surface area contributed by atoms with Crippen molar-refractivity contribution >= 4 is 40.9 Å². The Balaban J connectivity index is 1.77. The molecule has 2 heterocycles. The van der Waals surface area contributed by atoms with Gasteiger partial charge in [-0.15, -0.1) is 11.8 Å². The lowest BCUT2D eigenvalue weighted by atomic mass is 10.0. The fourth-order valence-corrected chi connectivity index (χ4v) is 4.65. The largest absolute Gasteiger partial charge is 0.462 e. The minimum Gasteiger partial charge on any atom is -0.462 e. The third kappa shape index (κ3) is 2.31. The van der Waals surface area contributed by atoms with E-state index in [4.69, 9.17) is 4.74 Å². The highest BCUT2D eigenvalue weighted by Crippen LogP contribution is 2.53. The first-order valence-corrected chi connectivity index (χ1v) is 9.21. The smallest absolute Gasteiger partial charge is 0.338 e. The van der Waals surface area contributed by atoms with Crippen molar-refractivity contribution in [3.05, 3.63) is 59.7 Å². The standard InChI is InChI=1S/C19H16N2O4S/c1-2-25-17(23)12-7-9-13(10-8-12)21-16(22)11-26-19(21)14-5-3-4-6-15(14)20-18(19)24/h3-10H,2,11H2,1H3,(H,20,24)/t19-/m0/s1. The number of amides is 2. The van der Waals surface area contributed by atoms with Gasteiger partial charge in [0.15, 0.2) is 0 Å². The first-order valence-electron chi connectivity index (χ1n) is 8.23. The van der Waals surface area contributed by atoms with Crippen molar-refractivity contribution < 1.29 is 19.1 Å². The van der Waals surface area contributed by atoms with E-state index >= 15 is 0 Å². The van der Waals surface area contributed by atoms with Crippen molar-refractivity contribution in [2.75, 3.05) is 22.6 Å². The van der Waals surface area contributed by atoms with Crippen LogP contribution in [0.25, 0.3) is 0 Å². The second-order valence-electron chi connectivity index (χ2n) is 5.93. The highest BCUT2D eigenvalue weighted by Gasteiger charge is 2.58. The van der Waals surface area contributed by atoms with Crippen molar-refractivity contribution in [2.45, 2.75) is 11.8 Å². The summed E-state index contributed by atoms with van der Waals surface area (Å²) in [5, 5.41) is 2.87. The van der Waals surface area contributed by atoms with Gasteiger partial charge in [-0.05, 0) is 37.3 Å². The molecule has 0 aromatic heterocycles. The van der Waals surface area contributed by atoms with E-state index in [-0.39, 0.29) is 17.6 Å². The van der Waals surface area contributed by atoms with Crippen LogP contribution >= 0.6 is 11.8 Å². The summed E-state index contributed by atoms with van der Waals surface area (Å²) in [7, 11) is 0. The number of hydrogen-bond donors (Lipinski definition) is 1. The molecule has 0 bridgehead atoms. The fourth-order valence-electron chi connectivity index (χ4n) is 3.34. The second-order valence-corrected chi connectivity index (χ2v) is 7.10. The van der Waals surface area contributed by atoms with E-state index in [2.05, 4.69) is 5.32 Å². The number of thioether (sulfide) groups is 1. The molecule has 2 aromatic carbocycles. The average Bonchev–Trinajstić information content (AvgIpc) is 3.14. The van der Waals surface area contributed by atoms with Gasteiger partial charge in [-0.3, -0.25) is 14.5 Å². The number of ether oxygens (including phenoxy) is 1. The molecule has 132 valence electrons. The maximum absolute atomic E-state index is 12.8. The van der Waals surface area contributed by atoms with Crippen molar-refractivity contribution in [2.24, 2.45) is 0 Å². The number of carbonyl (C=O) groups excluding carboxylic acids is 3. The monoisotopic (exact) mass is 368 g/mol. The molecule has 1 fully saturated rings. The van der Waals surface area contributed by atoms with Gasteiger partial charge >= 0.3 is 5.97 Å². The average molecular weight is 368 g/mol. The van der Waals surface area contributed by atoms with Crippen LogP contribution in [0.4, 0.5) is 11.4 Å². The van der Waals surface area contributed by atoms with Crippen LogP contribution in [0.15, 0.2) is 48.5 Å². The molecule has 6 nitrogen and oxygen atoms in total. The molecule has 1 spiro atoms. The van der Waals surface area contributed by atoms with Gasteiger partial charge in [0.2, 0.25) is 10.8 Å². The summed E-state index contributed by atoms with van der Waals surface area (Å²) < 4.78 is 4.98. The molecule has 2 aromatic rings. The number of esters is 1. The summed E-state index contributed by atoms with van der Waals surface area (Å²) in [4.78, 5) is 37.7. The van der Waals surface area contributed by atoms with Gasteiger partial charge in [0.05, 0.1) is 17.9 Å². The molecular weight excluding hydrogens is 352 g/mol. The number of hydrogen-bond acceptors (Lipinski definition) is 5. The summed E-state index contributed by atoms with van der Waals surface area (Å²) in [6.07, 6.45) is 0. The maximum Gasteiger partial charge on any atom is 0.338 e. The van der Waals surface area contributed by atoms with Gasteiger partial charge in [0, 0.05) is 16.9 Å². The van der Waals surface area contributed by atoms with Gasteiger partial charge < -0.3 is 10.1 Å². The van der Waals surface area contributed by atoms with Crippen molar-refractivity contribution in [3.8, 4) is 0 Å². The van der Waals surface area contributed by atoms with Crippen LogP contribution in [0, 0.1) is 0 Å². The summed E-state index contributed by atoms with van der Waals surface area (Å²) in [6.45, 7) is 2.04. The number of benzene rings is 2. The van der Waals surface area contributed by atoms with Crippen LogP contribution in [0.5, 0.6) is 0 Å². The van der Waals surface area contributed by atoms with Crippen LogP contribution in [-0.4, -0.2) is 30.1 Å². The normalized spacial score (nSPS) is 21.0. The molecule has 0 unspecified atom stereocenters. The number of nitrogens with one attached hydrogen (secondary N) is 1. The summed E-state index contributed by atoms with van der Waals surface area (Å²) in [6, 6.07) is 13.9. The molecule has 1 atom stereocenters. The molecule has 1 N–H and O–H groups in total. The number of carbonyl (C=O) groups is 3. The van der Waals surface area contributed by atoms with E-state index in [0.717, 1.165) is 5.56 Å². The predicted octanol–water partition coefficient (Wildman–Crippen LogP) is 2.75. The van der Waals surface area contributed by atoms with Crippen LogP contribution < -0.4 is 10.2 Å². The third-order valence-corrected chi connectivity index (χ3v) is 5.85. The first kappa shape index (κ1) is 16.7. The predicted molar refractivity (Wildman–Crippen MR) is 99.1 cm³/mol. The molecule has 4 rings (SSSR count). The molecule has 2 amide bonds. The fraction of sp³-hybridized carbons (Fsp3) is 0.211. The van der Waals surface area contributed by atoms with E-state index < -0.39 is 10.8 Å². The highest BCUT2D eigenvalue weighted by molar-refractivity contribution is 8.02. The van der Waals surface area contributed by atoms with Crippen LogP contribution in [0.2, 0.25) is 0 Å². The van der Waals surface area contributed by atoms with Crippen molar-refractivity contribution in [1.29, 1.82) is 0 Å². The lowest BCUT2D eigenvalue weighted by molar-refractivity contribution is -0.122. The number of para-hydroxylation sites is 1. The number of fused-ring (bicyclic) bond motifs is 2. The molecule has 0 aliphatic carbocycles. The van der Waals surface area contributed by atoms with E-state index in [0.29, 0.717) is 23.5 Å². The molecular formula is C19H16N2O4S. The zero-order valence-electron chi connectivity index (χ0n) is 14.0. The Kier molecular flexibility index (Phi) is 3.96. The van der Waals surface area contributed by atoms with Gasteiger partial charge in [-0.2, -0.15) is 0 Å². The Morgan fingerprint density at radius 1 is 1.19 bits per heavy atom. The number of anilines is 2. The SMILES string of the molecule is CCOC(=O)c1ccc(N2C(=O)CS[C@@]23C(=O)Nc2ccccc23)cc1. The molecule has 2 aliphatic rings. The minimum atomic E-state index is -1.11. The summed E-state index contributed by atoms with van der Waals surface area (Å²) in [5.74, 6) is -0.587. The quantitative estimate of drug-likeness (QED) is 0.843. The van der Waals surface area contributed by atoms with Gasteiger partial charge in [-0.1, -0.05) is 18.2 Å². The maximum atomic E-state index is 12.8. The molecule has 1 saturated heterocycles. The lowest BCUT2D eigenvalue weighted by Gasteiger charge is -2.32. The Hall–Kier alpha value is -2.80. The van der Waals surface area contributed by atoms with E-state index in [1.165, 1.54) is 16.7 Å². The van der Waals surface area contributed by atoms with E-state index in [1.807, 2.05) is 24.3 Å². The molecule has 2 aliphatic heterocycles.